The van der Waals surface area contributed by atoms with E-state index in [9.17, 15) is 17.6 Å². The van der Waals surface area contributed by atoms with Crippen LogP contribution in [0.25, 0.3) is 0 Å². The van der Waals surface area contributed by atoms with E-state index in [1.807, 2.05) is 0 Å². The topological polar surface area (TPSA) is 29.3 Å². The van der Waals surface area contributed by atoms with Gasteiger partial charge in [0, 0.05) is 19.6 Å². The number of hydrogen-bond donors (Lipinski definition) is 1. The van der Waals surface area contributed by atoms with Crippen LogP contribution in [-0.4, -0.2) is 19.8 Å². The third-order valence-electron chi connectivity index (χ3n) is 2.64. The first-order valence-electron chi connectivity index (χ1n) is 5.53. The molecule has 0 spiro atoms. The van der Waals surface area contributed by atoms with E-state index in [2.05, 4.69) is 0 Å². The van der Waals surface area contributed by atoms with Crippen molar-refractivity contribution in [1.29, 1.82) is 0 Å². The van der Waals surface area contributed by atoms with E-state index in [1.54, 1.807) is 13.0 Å². The molecule has 102 valence electrons. The molecule has 1 aromatic rings. The van der Waals surface area contributed by atoms with Crippen molar-refractivity contribution >= 4 is 5.69 Å². The molecule has 0 saturated carbocycles. The third-order valence-corrected chi connectivity index (χ3v) is 2.64. The van der Waals surface area contributed by atoms with Crippen molar-refractivity contribution in [2.45, 2.75) is 25.6 Å². The fourth-order valence-electron chi connectivity index (χ4n) is 1.53. The van der Waals surface area contributed by atoms with Crippen molar-refractivity contribution < 1.29 is 17.6 Å². The molecule has 2 nitrogen and oxygen atoms in total. The highest BCUT2D eigenvalue weighted by Gasteiger charge is 2.27. The predicted molar refractivity (Wildman–Crippen MR) is 62.9 cm³/mol. The molecule has 1 atom stereocenters. The smallest absolute Gasteiger partial charge is 0.372 e. The van der Waals surface area contributed by atoms with Gasteiger partial charge in [0.25, 0.3) is 0 Å². The van der Waals surface area contributed by atoms with Gasteiger partial charge in [-0.2, -0.15) is 13.2 Å². The number of alkyl halides is 3. The molecule has 6 heteroatoms. The maximum absolute atomic E-state index is 13.7. The summed E-state index contributed by atoms with van der Waals surface area (Å²) in [6.45, 7) is 1.43. The van der Waals surface area contributed by atoms with Gasteiger partial charge in [0.05, 0.1) is 12.1 Å². The minimum Gasteiger partial charge on any atom is -0.372 e. The lowest BCUT2D eigenvalue weighted by molar-refractivity contribution is -0.132. The van der Waals surface area contributed by atoms with E-state index >= 15 is 0 Å². The monoisotopic (exact) mass is 264 g/mol. The second-order valence-corrected chi connectivity index (χ2v) is 4.29. The van der Waals surface area contributed by atoms with Gasteiger partial charge < -0.3 is 10.6 Å². The molecule has 0 amide bonds. The normalized spacial score (nSPS) is 13.5. The van der Waals surface area contributed by atoms with Crippen LogP contribution in [0.4, 0.5) is 23.2 Å². The average molecular weight is 264 g/mol. The maximum Gasteiger partial charge on any atom is 0.390 e. The molecule has 18 heavy (non-hydrogen) atoms. The second kappa shape index (κ2) is 5.56. The number of halogens is 4. The fourth-order valence-corrected chi connectivity index (χ4v) is 1.53. The van der Waals surface area contributed by atoms with Crippen LogP contribution >= 0.6 is 0 Å². The Morgan fingerprint density at radius 1 is 1.33 bits per heavy atom. The van der Waals surface area contributed by atoms with Gasteiger partial charge in [0.1, 0.15) is 5.82 Å². The predicted octanol–water partition coefficient (Wildman–Crippen LogP) is 3.23. The fraction of sp³-hybridized carbons (Fsp3) is 0.500. The van der Waals surface area contributed by atoms with Crippen LogP contribution in [0.3, 0.4) is 0 Å². The molecule has 1 unspecified atom stereocenters. The summed E-state index contributed by atoms with van der Waals surface area (Å²) in [5.41, 5.74) is 6.35. The van der Waals surface area contributed by atoms with Crippen LogP contribution in [0.15, 0.2) is 18.2 Å². The van der Waals surface area contributed by atoms with E-state index in [4.69, 9.17) is 5.73 Å². The summed E-state index contributed by atoms with van der Waals surface area (Å²) in [5, 5.41) is 0. The third kappa shape index (κ3) is 4.18. The Kier molecular flexibility index (Phi) is 4.56. The van der Waals surface area contributed by atoms with Gasteiger partial charge in [0.2, 0.25) is 0 Å². The Balaban J connectivity index is 2.77. The van der Waals surface area contributed by atoms with Gasteiger partial charge in [-0.1, -0.05) is 6.07 Å². The molecule has 0 heterocycles. The summed E-state index contributed by atoms with van der Waals surface area (Å²) < 4.78 is 49.9. The Bertz CT molecular complexity index is 402. The van der Waals surface area contributed by atoms with Crippen LogP contribution < -0.4 is 10.6 Å². The Labute approximate surface area is 103 Å². The lowest BCUT2D eigenvalue weighted by Gasteiger charge is -2.21. The molecule has 0 bridgehead atoms. The number of hydrogen-bond acceptors (Lipinski definition) is 2. The molecule has 0 saturated heterocycles. The quantitative estimate of drug-likeness (QED) is 0.846. The molecule has 2 N–H and O–H groups in total. The van der Waals surface area contributed by atoms with Gasteiger partial charge >= 0.3 is 6.18 Å². The zero-order valence-corrected chi connectivity index (χ0v) is 10.3. The standard InChI is InChI=1S/C12H16F4N2/c1-8(17)9-3-4-11(10(13)7-9)18(2)6-5-12(14,15)16/h3-4,7-8H,5-6,17H2,1-2H3. The average Bonchev–Trinajstić information content (AvgIpc) is 2.24. The molecular formula is C12H16F4N2. The highest BCUT2D eigenvalue weighted by Crippen LogP contribution is 2.25. The SMILES string of the molecule is CC(N)c1ccc(N(C)CCC(F)(F)F)c(F)c1. The minimum atomic E-state index is -4.24. The number of benzene rings is 1. The van der Waals surface area contributed by atoms with Crippen molar-refractivity contribution in [1.82, 2.24) is 0 Å². The molecule has 0 aliphatic rings. The molecule has 1 rings (SSSR count). The van der Waals surface area contributed by atoms with Crippen molar-refractivity contribution in [2.24, 2.45) is 5.73 Å². The first-order chi connectivity index (χ1) is 8.20. The Hall–Kier alpha value is -1.30. The molecule has 1 aromatic carbocycles. The number of anilines is 1. The van der Waals surface area contributed by atoms with Crippen molar-refractivity contribution in [2.75, 3.05) is 18.5 Å². The molecule has 0 aliphatic carbocycles. The second-order valence-electron chi connectivity index (χ2n) is 4.29. The summed E-state index contributed by atoms with van der Waals surface area (Å²) in [5.74, 6) is -0.561. The molecule has 0 radical (unpaired) electrons. The zero-order chi connectivity index (χ0) is 13.9. The zero-order valence-electron chi connectivity index (χ0n) is 10.3. The largest absolute Gasteiger partial charge is 0.390 e. The van der Waals surface area contributed by atoms with E-state index in [-0.39, 0.29) is 18.3 Å². The van der Waals surface area contributed by atoms with Crippen LogP contribution in [0, 0.1) is 5.82 Å². The van der Waals surface area contributed by atoms with Gasteiger partial charge in [-0.3, -0.25) is 0 Å². The van der Waals surface area contributed by atoms with Crippen LogP contribution in [0.2, 0.25) is 0 Å². The van der Waals surface area contributed by atoms with Gasteiger partial charge in [-0.15, -0.1) is 0 Å². The number of nitrogens with two attached hydrogens (primary N) is 1. The van der Waals surface area contributed by atoms with Crippen LogP contribution in [0.1, 0.15) is 24.9 Å². The Morgan fingerprint density at radius 3 is 2.39 bits per heavy atom. The molecular weight excluding hydrogens is 248 g/mol. The Morgan fingerprint density at radius 2 is 1.94 bits per heavy atom. The van der Waals surface area contributed by atoms with Gasteiger partial charge in [-0.05, 0) is 24.6 Å². The van der Waals surface area contributed by atoms with Crippen molar-refractivity contribution in [3.05, 3.63) is 29.6 Å². The molecule has 0 aliphatic heterocycles. The highest BCUT2D eigenvalue weighted by molar-refractivity contribution is 5.48. The maximum atomic E-state index is 13.7. The summed E-state index contributed by atoms with van der Waals surface area (Å²) >= 11 is 0. The summed E-state index contributed by atoms with van der Waals surface area (Å²) in [4.78, 5) is 1.24. The van der Waals surface area contributed by atoms with Crippen LogP contribution in [0.5, 0.6) is 0 Å². The number of rotatable bonds is 4. The first-order valence-corrected chi connectivity index (χ1v) is 5.53. The van der Waals surface area contributed by atoms with Gasteiger partial charge in [-0.25, -0.2) is 4.39 Å². The highest BCUT2D eigenvalue weighted by atomic mass is 19.4. The lowest BCUT2D eigenvalue weighted by Crippen LogP contribution is -2.25. The van der Waals surface area contributed by atoms with E-state index in [1.165, 1.54) is 24.1 Å². The van der Waals surface area contributed by atoms with E-state index < -0.39 is 18.4 Å². The molecule has 0 aromatic heterocycles. The van der Waals surface area contributed by atoms with Crippen LogP contribution in [-0.2, 0) is 0 Å². The van der Waals surface area contributed by atoms with Crippen molar-refractivity contribution in [3.8, 4) is 0 Å². The first kappa shape index (κ1) is 14.8. The number of nitrogens with zero attached hydrogens (tertiary/aromatic N) is 1. The van der Waals surface area contributed by atoms with E-state index in [0.29, 0.717) is 5.56 Å². The minimum absolute atomic E-state index is 0.142. The van der Waals surface area contributed by atoms with Gasteiger partial charge in [0.15, 0.2) is 0 Å². The van der Waals surface area contributed by atoms with Crippen molar-refractivity contribution in [3.63, 3.8) is 0 Å². The molecule has 0 fully saturated rings. The summed E-state index contributed by atoms with van der Waals surface area (Å²) in [6.07, 6.45) is -5.21. The summed E-state index contributed by atoms with van der Waals surface area (Å²) in [7, 11) is 1.43. The summed E-state index contributed by atoms with van der Waals surface area (Å²) in [6, 6.07) is 4.01. The lowest BCUT2D eigenvalue weighted by atomic mass is 10.1. The van der Waals surface area contributed by atoms with E-state index in [0.717, 1.165) is 0 Å².